The van der Waals surface area contributed by atoms with Gasteiger partial charge in [0.2, 0.25) is 6.79 Å². The summed E-state index contributed by atoms with van der Waals surface area (Å²) in [6, 6.07) is 12.0. The standard InChI is InChI=1S/C19H16ClNO5/c1-12(26-18(22)8-5-13-3-2-4-14(20)9-13)19(23)21-15-6-7-16-17(10-15)25-11-24-16/h2-10,12H,11H2,1H3,(H,21,23)/b8-5+/t12-/m0/s1. The zero-order valence-electron chi connectivity index (χ0n) is 13.9. The molecule has 0 unspecified atom stereocenters. The first-order valence-corrected chi connectivity index (χ1v) is 8.24. The summed E-state index contributed by atoms with van der Waals surface area (Å²) in [5, 5.41) is 3.23. The third kappa shape index (κ3) is 4.55. The van der Waals surface area contributed by atoms with Crippen LogP contribution in [0.1, 0.15) is 12.5 Å². The molecule has 1 N–H and O–H groups in total. The second-order valence-corrected chi connectivity index (χ2v) is 5.96. The van der Waals surface area contributed by atoms with Gasteiger partial charge in [0, 0.05) is 22.9 Å². The van der Waals surface area contributed by atoms with Gasteiger partial charge in [0.05, 0.1) is 0 Å². The van der Waals surface area contributed by atoms with Crippen LogP contribution in [0.15, 0.2) is 48.5 Å². The molecular weight excluding hydrogens is 358 g/mol. The van der Waals surface area contributed by atoms with E-state index < -0.39 is 18.0 Å². The maximum Gasteiger partial charge on any atom is 0.331 e. The van der Waals surface area contributed by atoms with Crippen molar-refractivity contribution in [2.45, 2.75) is 13.0 Å². The second kappa shape index (κ2) is 7.93. The Balaban J connectivity index is 1.54. The van der Waals surface area contributed by atoms with Crippen molar-refractivity contribution < 1.29 is 23.8 Å². The molecule has 2 aromatic carbocycles. The Hall–Kier alpha value is -2.99. The Bertz CT molecular complexity index is 865. The average molecular weight is 374 g/mol. The van der Waals surface area contributed by atoms with Crippen LogP contribution in [-0.2, 0) is 14.3 Å². The Morgan fingerprint density at radius 3 is 2.81 bits per heavy atom. The van der Waals surface area contributed by atoms with E-state index in [1.807, 2.05) is 0 Å². The van der Waals surface area contributed by atoms with Gasteiger partial charge in [-0.2, -0.15) is 0 Å². The van der Waals surface area contributed by atoms with E-state index in [2.05, 4.69) is 5.32 Å². The average Bonchev–Trinajstić information content (AvgIpc) is 3.07. The summed E-state index contributed by atoms with van der Waals surface area (Å²) < 4.78 is 15.6. The molecule has 0 aliphatic carbocycles. The molecule has 7 heteroatoms. The quantitative estimate of drug-likeness (QED) is 0.639. The summed E-state index contributed by atoms with van der Waals surface area (Å²) in [6.07, 6.45) is 1.85. The van der Waals surface area contributed by atoms with Crippen molar-refractivity contribution in [1.82, 2.24) is 0 Å². The second-order valence-electron chi connectivity index (χ2n) is 5.52. The zero-order chi connectivity index (χ0) is 18.5. The Morgan fingerprint density at radius 1 is 1.19 bits per heavy atom. The fourth-order valence-corrected chi connectivity index (χ4v) is 2.46. The molecule has 2 aromatic rings. The Morgan fingerprint density at radius 2 is 2.00 bits per heavy atom. The van der Waals surface area contributed by atoms with Gasteiger partial charge in [-0.15, -0.1) is 0 Å². The minimum Gasteiger partial charge on any atom is -0.454 e. The number of carbonyl (C=O) groups is 2. The lowest BCUT2D eigenvalue weighted by atomic mass is 10.2. The molecule has 0 radical (unpaired) electrons. The van der Waals surface area contributed by atoms with Crippen LogP contribution in [-0.4, -0.2) is 24.8 Å². The van der Waals surface area contributed by atoms with E-state index in [1.54, 1.807) is 48.5 Å². The van der Waals surface area contributed by atoms with Gasteiger partial charge < -0.3 is 19.5 Å². The SMILES string of the molecule is C[C@H](OC(=O)/C=C/c1cccc(Cl)c1)C(=O)Nc1ccc2c(c1)OCO2. The fraction of sp³-hybridized carbons (Fsp3) is 0.158. The van der Waals surface area contributed by atoms with E-state index in [4.69, 9.17) is 25.8 Å². The largest absolute Gasteiger partial charge is 0.454 e. The van der Waals surface area contributed by atoms with Gasteiger partial charge in [0.15, 0.2) is 17.6 Å². The van der Waals surface area contributed by atoms with Crippen molar-refractivity contribution in [3.63, 3.8) is 0 Å². The summed E-state index contributed by atoms with van der Waals surface area (Å²) in [5.41, 5.74) is 1.28. The molecule has 1 heterocycles. The van der Waals surface area contributed by atoms with Gasteiger partial charge in [-0.1, -0.05) is 23.7 Å². The maximum absolute atomic E-state index is 12.2. The summed E-state index contributed by atoms with van der Waals surface area (Å²) in [7, 11) is 0. The Kier molecular flexibility index (Phi) is 5.43. The van der Waals surface area contributed by atoms with Crippen molar-refractivity contribution >= 4 is 35.2 Å². The van der Waals surface area contributed by atoms with E-state index in [0.717, 1.165) is 5.56 Å². The highest BCUT2D eigenvalue weighted by Crippen LogP contribution is 2.34. The predicted molar refractivity (Wildman–Crippen MR) is 97.2 cm³/mol. The molecule has 0 bridgehead atoms. The van der Waals surface area contributed by atoms with Crippen LogP contribution in [0.2, 0.25) is 5.02 Å². The first kappa shape index (κ1) is 17.8. The molecule has 1 aliphatic rings. The predicted octanol–water partition coefficient (Wildman–Crippen LogP) is 3.65. The number of halogens is 1. The number of carbonyl (C=O) groups excluding carboxylic acids is 2. The summed E-state index contributed by atoms with van der Waals surface area (Å²) in [6.45, 7) is 1.65. The van der Waals surface area contributed by atoms with E-state index >= 15 is 0 Å². The smallest absolute Gasteiger partial charge is 0.331 e. The fourth-order valence-electron chi connectivity index (χ4n) is 2.26. The number of hydrogen-bond donors (Lipinski definition) is 1. The number of fused-ring (bicyclic) bond motifs is 1. The summed E-state index contributed by atoms with van der Waals surface area (Å²) in [5.74, 6) is 0.0946. The topological polar surface area (TPSA) is 73.9 Å². The van der Waals surface area contributed by atoms with Crippen molar-refractivity contribution in [2.24, 2.45) is 0 Å². The van der Waals surface area contributed by atoms with Gasteiger partial charge in [-0.25, -0.2) is 4.79 Å². The van der Waals surface area contributed by atoms with Crippen LogP contribution < -0.4 is 14.8 Å². The lowest BCUT2D eigenvalue weighted by Crippen LogP contribution is -2.29. The highest BCUT2D eigenvalue weighted by molar-refractivity contribution is 6.30. The number of hydrogen-bond acceptors (Lipinski definition) is 5. The number of ether oxygens (including phenoxy) is 3. The monoisotopic (exact) mass is 373 g/mol. The Labute approximate surface area is 155 Å². The lowest BCUT2D eigenvalue weighted by Gasteiger charge is -2.12. The molecule has 0 spiro atoms. The number of nitrogens with one attached hydrogen (secondary N) is 1. The van der Waals surface area contributed by atoms with E-state index in [1.165, 1.54) is 13.0 Å². The molecule has 3 rings (SSSR count). The molecule has 0 saturated heterocycles. The van der Waals surface area contributed by atoms with Gasteiger partial charge in [0.1, 0.15) is 0 Å². The molecule has 6 nitrogen and oxygen atoms in total. The molecule has 0 aromatic heterocycles. The number of rotatable bonds is 5. The van der Waals surface area contributed by atoms with Gasteiger partial charge in [0.25, 0.3) is 5.91 Å². The molecule has 1 amide bonds. The first-order chi connectivity index (χ1) is 12.5. The van der Waals surface area contributed by atoms with Crippen LogP contribution in [0.4, 0.5) is 5.69 Å². The number of anilines is 1. The summed E-state index contributed by atoms with van der Waals surface area (Å²) in [4.78, 5) is 24.0. The molecule has 26 heavy (non-hydrogen) atoms. The first-order valence-electron chi connectivity index (χ1n) is 7.86. The van der Waals surface area contributed by atoms with Gasteiger partial charge >= 0.3 is 5.97 Å². The molecule has 0 fully saturated rings. The van der Waals surface area contributed by atoms with Gasteiger partial charge in [-0.3, -0.25) is 4.79 Å². The van der Waals surface area contributed by atoms with E-state index in [9.17, 15) is 9.59 Å². The highest BCUT2D eigenvalue weighted by atomic mass is 35.5. The third-order valence-corrected chi connectivity index (χ3v) is 3.80. The van der Waals surface area contributed by atoms with Crippen molar-refractivity contribution in [2.75, 3.05) is 12.1 Å². The van der Waals surface area contributed by atoms with E-state index in [-0.39, 0.29) is 6.79 Å². The summed E-state index contributed by atoms with van der Waals surface area (Å²) >= 11 is 5.88. The lowest BCUT2D eigenvalue weighted by molar-refractivity contribution is -0.148. The van der Waals surface area contributed by atoms with Crippen molar-refractivity contribution in [3.8, 4) is 11.5 Å². The highest BCUT2D eigenvalue weighted by Gasteiger charge is 2.19. The minimum absolute atomic E-state index is 0.152. The van der Waals surface area contributed by atoms with Crippen LogP contribution in [0.25, 0.3) is 6.08 Å². The van der Waals surface area contributed by atoms with E-state index in [0.29, 0.717) is 22.2 Å². The number of benzene rings is 2. The van der Waals surface area contributed by atoms with Crippen molar-refractivity contribution in [1.29, 1.82) is 0 Å². The maximum atomic E-state index is 12.2. The van der Waals surface area contributed by atoms with Crippen LogP contribution in [0.3, 0.4) is 0 Å². The zero-order valence-corrected chi connectivity index (χ0v) is 14.7. The van der Waals surface area contributed by atoms with Crippen LogP contribution in [0, 0.1) is 0 Å². The third-order valence-electron chi connectivity index (χ3n) is 3.56. The molecule has 1 atom stereocenters. The molecule has 1 aliphatic heterocycles. The minimum atomic E-state index is -0.961. The van der Waals surface area contributed by atoms with Crippen LogP contribution in [0.5, 0.6) is 11.5 Å². The number of amides is 1. The van der Waals surface area contributed by atoms with Crippen molar-refractivity contribution in [3.05, 3.63) is 59.1 Å². The normalized spacial score (nSPS) is 13.5. The van der Waals surface area contributed by atoms with Gasteiger partial charge in [-0.05, 0) is 42.8 Å². The molecule has 134 valence electrons. The van der Waals surface area contributed by atoms with Crippen LogP contribution >= 0.6 is 11.6 Å². The molecular formula is C19H16ClNO5. The number of esters is 1. The molecule has 0 saturated carbocycles.